The number of nitrogens with two attached hydrogens (primary N) is 2. The van der Waals surface area contributed by atoms with E-state index in [-0.39, 0.29) is 36.5 Å². The number of esters is 4. The minimum atomic E-state index is -4.68. The van der Waals surface area contributed by atoms with Crippen LogP contribution in [0.15, 0.2) is 42.7 Å². The van der Waals surface area contributed by atoms with E-state index in [0.29, 0.717) is 11.1 Å². The van der Waals surface area contributed by atoms with E-state index in [1.807, 2.05) is 6.07 Å². The van der Waals surface area contributed by atoms with Crippen molar-refractivity contribution in [3.8, 4) is 11.8 Å². The molecule has 1 aliphatic heterocycles. The number of hydrogen-bond acceptors (Lipinski definition) is 17. The van der Waals surface area contributed by atoms with Gasteiger partial charge in [0.1, 0.15) is 48.5 Å². The Morgan fingerprint density at radius 3 is 2.33 bits per heavy atom. The van der Waals surface area contributed by atoms with Crippen molar-refractivity contribution in [2.75, 3.05) is 19.5 Å². The number of carbonyl (C=O) groups is 4. The molecule has 1 aliphatic rings. The lowest BCUT2D eigenvalue weighted by Gasteiger charge is -2.30. The summed E-state index contributed by atoms with van der Waals surface area (Å²) in [7, 11) is -3.46. The van der Waals surface area contributed by atoms with Gasteiger partial charge in [0, 0.05) is 12.8 Å². The second kappa shape index (κ2) is 17.8. The smallest absolute Gasteiger partial charge is 0.459 e. The molecule has 3 heterocycles. The Balaban J connectivity index is 1.74. The zero-order valence-electron chi connectivity index (χ0n) is 30.6. The topological polar surface area (TPSA) is 268 Å². The van der Waals surface area contributed by atoms with E-state index >= 15 is 0 Å². The number of fused-ring (bicyclic) bond motifs is 1. The molecule has 0 saturated carbocycles. The Labute approximate surface area is 311 Å². The van der Waals surface area contributed by atoms with Crippen LogP contribution in [0.3, 0.4) is 0 Å². The molecule has 19 nitrogen and oxygen atoms in total. The number of aromatic nitrogens is 3. The number of nitriles is 1. The lowest BCUT2D eigenvalue weighted by Crippen LogP contribution is -2.49. The number of ether oxygens (including phenoxy) is 5. The molecule has 1 saturated heterocycles. The molecule has 54 heavy (non-hydrogen) atoms. The summed E-state index contributed by atoms with van der Waals surface area (Å²) >= 11 is 0. The summed E-state index contributed by atoms with van der Waals surface area (Å²) in [5.41, 5.74) is 10.8. The maximum atomic E-state index is 14.6. The molecule has 1 fully saturated rings. The summed E-state index contributed by atoms with van der Waals surface area (Å²) in [5.74, 6) is -2.78. The molecule has 4 rings (SSSR count). The molecule has 20 heteroatoms. The molecule has 5 N–H and O–H groups in total. The fourth-order valence-corrected chi connectivity index (χ4v) is 6.92. The first-order valence-corrected chi connectivity index (χ1v) is 18.5. The largest absolute Gasteiger partial charge is 0.468 e. The van der Waals surface area contributed by atoms with Gasteiger partial charge in [-0.1, -0.05) is 26.0 Å². The quantitative estimate of drug-likeness (QED) is 0.101. The van der Waals surface area contributed by atoms with Crippen LogP contribution in [-0.4, -0.2) is 88.2 Å². The highest BCUT2D eigenvalue weighted by Crippen LogP contribution is 2.50. The van der Waals surface area contributed by atoms with Gasteiger partial charge >= 0.3 is 31.6 Å². The monoisotopic (exact) mass is 773 g/mol. The SMILES string of the molecule is CCC(=O)O[C@H]1[C@H](c2ccc3c(N)ncnn23)O[C@](C#N)(COP(=O)(N[C@@H](C)C(=O)OC(C)C)Oc2ccc(C[C@H](N)C(=O)OC)cc2)[C@H]1OC(=O)CC. The third-order valence-corrected chi connectivity index (χ3v) is 9.73. The summed E-state index contributed by atoms with van der Waals surface area (Å²) in [5, 5.41) is 17.5. The maximum Gasteiger partial charge on any atom is 0.459 e. The van der Waals surface area contributed by atoms with Gasteiger partial charge < -0.3 is 39.7 Å². The highest BCUT2D eigenvalue weighted by Gasteiger charge is 2.62. The lowest BCUT2D eigenvalue weighted by atomic mass is 9.95. The number of rotatable bonds is 17. The number of carbonyl (C=O) groups excluding carboxylic acids is 4. The Kier molecular flexibility index (Phi) is 13.7. The summed E-state index contributed by atoms with van der Waals surface area (Å²) in [6.07, 6.45) is -3.81. The molecule has 0 bridgehead atoms. The highest BCUT2D eigenvalue weighted by molar-refractivity contribution is 7.52. The van der Waals surface area contributed by atoms with Gasteiger partial charge in [0.2, 0.25) is 5.60 Å². The van der Waals surface area contributed by atoms with Crippen LogP contribution in [0.25, 0.3) is 5.52 Å². The number of hydrogen-bond donors (Lipinski definition) is 3. The van der Waals surface area contributed by atoms with Crippen molar-refractivity contribution in [1.29, 1.82) is 5.26 Å². The first-order chi connectivity index (χ1) is 25.6. The van der Waals surface area contributed by atoms with Crippen LogP contribution in [0.4, 0.5) is 5.82 Å². The van der Waals surface area contributed by atoms with Gasteiger partial charge in [-0.15, -0.1) is 0 Å². The minimum Gasteiger partial charge on any atom is -0.468 e. The minimum absolute atomic E-state index is 0.0116. The Hall–Kier alpha value is -5.12. The normalized spacial score (nSPS) is 21.7. The van der Waals surface area contributed by atoms with Gasteiger partial charge in [-0.3, -0.25) is 23.7 Å². The van der Waals surface area contributed by atoms with Crippen LogP contribution in [-0.2, 0) is 58.4 Å². The Bertz CT molecular complexity index is 1920. The predicted octanol–water partition coefficient (Wildman–Crippen LogP) is 2.46. The van der Waals surface area contributed by atoms with E-state index in [1.54, 1.807) is 45.0 Å². The number of nitrogens with one attached hydrogen (secondary N) is 1. The summed E-state index contributed by atoms with van der Waals surface area (Å²) in [6.45, 7) is 6.77. The Morgan fingerprint density at radius 2 is 1.72 bits per heavy atom. The van der Waals surface area contributed by atoms with Crippen molar-refractivity contribution in [1.82, 2.24) is 19.7 Å². The second-order valence-corrected chi connectivity index (χ2v) is 14.2. The van der Waals surface area contributed by atoms with Crippen molar-refractivity contribution in [3.05, 3.63) is 54.0 Å². The summed E-state index contributed by atoms with van der Waals surface area (Å²) < 4.78 is 55.4. The molecule has 292 valence electrons. The van der Waals surface area contributed by atoms with E-state index in [1.165, 1.54) is 43.9 Å². The molecule has 2 aromatic heterocycles. The molecule has 0 aliphatic carbocycles. The molecule has 1 aromatic carbocycles. The third-order valence-electron chi connectivity index (χ3n) is 8.10. The van der Waals surface area contributed by atoms with Crippen molar-refractivity contribution in [2.45, 2.75) is 96.0 Å². The van der Waals surface area contributed by atoms with Crippen molar-refractivity contribution < 1.29 is 56.5 Å². The zero-order chi connectivity index (χ0) is 39.8. The van der Waals surface area contributed by atoms with Crippen molar-refractivity contribution in [2.24, 2.45) is 5.73 Å². The molecular formula is C34H44N7O12P. The van der Waals surface area contributed by atoms with Gasteiger partial charge in [-0.2, -0.15) is 15.4 Å². The summed E-state index contributed by atoms with van der Waals surface area (Å²) in [6, 6.07) is 8.89. The van der Waals surface area contributed by atoms with E-state index in [2.05, 4.69) is 19.9 Å². The second-order valence-electron chi connectivity index (χ2n) is 12.5. The van der Waals surface area contributed by atoms with E-state index in [9.17, 15) is 29.0 Å². The standard InChI is InChI=1S/C34H44N7O12P/c1-7-26(42)50-29-28(24-13-14-25-31(37)38-18-39-41(24)25)52-34(16-35,30(29)51-27(43)8-2)17-48-54(46,40-20(5)32(44)49-19(3)4)53-22-11-9-21(10-12-22)15-23(36)33(45)47-6/h9-14,18-20,23,28-30H,7-8,15,17,36H2,1-6H3,(H,40,46)(H2,37,38,39)/t20-,23-,28-,29-,30-,34+,54?/m0/s1. The lowest BCUT2D eigenvalue weighted by molar-refractivity contribution is -0.169. The van der Waals surface area contributed by atoms with Crippen LogP contribution in [0, 0.1) is 11.3 Å². The van der Waals surface area contributed by atoms with Crippen LogP contribution < -0.4 is 21.1 Å². The van der Waals surface area contributed by atoms with Gasteiger partial charge in [0.25, 0.3) is 0 Å². The van der Waals surface area contributed by atoms with Gasteiger partial charge in [-0.05, 0) is 57.0 Å². The highest BCUT2D eigenvalue weighted by atomic mass is 31.2. The molecule has 3 aromatic rings. The first kappa shape index (κ1) is 41.6. The molecular weight excluding hydrogens is 729 g/mol. The number of nitrogen functional groups attached to an aromatic ring is 1. The molecule has 0 amide bonds. The molecule has 0 radical (unpaired) electrons. The summed E-state index contributed by atoms with van der Waals surface area (Å²) in [4.78, 5) is 54.2. The Morgan fingerprint density at radius 1 is 1.06 bits per heavy atom. The van der Waals surface area contributed by atoms with Crippen LogP contribution in [0.5, 0.6) is 5.75 Å². The number of anilines is 1. The van der Waals surface area contributed by atoms with Gasteiger partial charge in [0.05, 0.1) is 18.9 Å². The van der Waals surface area contributed by atoms with Gasteiger partial charge in [-0.25, -0.2) is 14.1 Å². The fourth-order valence-electron chi connectivity index (χ4n) is 5.40. The average Bonchev–Trinajstić information content (AvgIpc) is 3.70. The average molecular weight is 774 g/mol. The van der Waals surface area contributed by atoms with Crippen molar-refractivity contribution in [3.63, 3.8) is 0 Å². The number of benzene rings is 1. The fraction of sp³-hybridized carbons (Fsp3) is 0.500. The van der Waals surface area contributed by atoms with Crippen molar-refractivity contribution >= 4 is 43.0 Å². The molecule has 0 spiro atoms. The maximum absolute atomic E-state index is 14.6. The van der Waals surface area contributed by atoms with Gasteiger partial charge in [0.15, 0.2) is 18.0 Å². The first-order valence-electron chi connectivity index (χ1n) is 17.0. The third kappa shape index (κ3) is 9.70. The zero-order valence-corrected chi connectivity index (χ0v) is 31.5. The van der Waals surface area contributed by atoms with Crippen LogP contribution >= 0.6 is 7.75 Å². The van der Waals surface area contributed by atoms with E-state index in [4.69, 9.17) is 39.5 Å². The molecule has 7 atom stereocenters. The number of methoxy groups -OCH3 is 1. The number of nitrogens with zero attached hydrogens (tertiary/aromatic N) is 4. The van der Waals surface area contributed by atoms with Crippen LogP contribution in [0.1, 0.15) is 64.8 Å². The van der Waals surface area contributed by atoms with E-state index in [0.717, 1.165) is 0 Å². The predicted molar refractivity (Wildman–Crippen MR) is 188 cm³/mol. The van der Waals surface area contributed by atoms with E-state index < -0.39 is 80.3 Å². The van der Waals surface area contributed by atoms with Crippen LogP contribution in [0.2, 0.25) is 0 Å². The molecule has 1 unspecified atom stereocenters.